The molecule has 4 nitrogen and oxygen atoms in total. The fourth-order valence-corrected chi connectivity index (χ4v) is 2.38. The molecule has 2 N–H and O–H groups in total. The van der Waals surface area contributed by atoms with Crippen molar-refractivity contribution in [1.82, 2.24) is 0 Å². The number of carbonyl (C=O) groups is 2. The zero-order valence-electron chi connectivity index (χ0n) is 11.1. The average Bonchev–Trinajstić information content (AvgIpc) is 2.47. The molecule has 1 amide bonds. The largest absolute Gasteiger partial charge is 0.478 e. The van der Waals surface area contributed by atoms with Gasteiger partial charge >= 0.3 is 5.97 Å². The molecule has 0 aromatic heterocycles. The third-order valence-electron chi connectivity index (χ3n) is 2.81. The van der Waals surface area contributed by atoms with Crippen LogP contribution < -0.4 is 5.32 Å². The first-order valence-electron chi connectivity index (χ1n) is 5.99. The van der Waals surface area contributed by atoms with Crippen LogP contribution in [0, 0.1) is 0 Å². The van der Waals surface area contributed by atoms with Gasteiger partial charge in [0.15, 0.2) is 0 Å². The normalized spacial score (nSPS) is 10.2. The first-order chi connectivity index (χ1) is 10.0. The van der Waals surface area contributed by atoms with E-state index in [9.17, 15) is 9.59 Å². The van der Waals surface area contributed by atoms with Crippen molar-refractivity contribution in [1.29, 1.82) is 0 Å². The Morgan fingerprint density at radius 1 is 1.14 bits per heavy atom. The Morgan fingerprint density at radius 2 is 1.81 bits per heavy atom. The van der Waals surface area contributed by atoms with Gasteiger partial charge in [0.1, 0.15) is 0 Å². The van der Waals surface area contributed by atoms with E-state index in [1.165, 1.54) is 18.2 Å². The number of aromatic carboxylic acids is 1. The molecule has 0 saturated carbocycles. The second-order valence-corrected chi connectivity index (χ2v) is 5.47. The summed E-state index contributed by atoms with van der Waals surface area (Å²) >= 11 is 7.45. The molecule has 2 aromatic rings. The first kappa shape index (κ1) is 15.4. The highest BCUT2D eigenvalue weighted by molar-refractivity contribution is 7.98. The topological polar surface area (TPSA) is 66.4 Å². The summed E-state index contributed by atoms with van der Waals surface area (Å²) in [4.78, 5) is 24.0. The molecule has 0 aliphatic rings. The molecule has 108 valence electrons. The standard InChI is InChI=1S/C15H12ClNO3S/c1-21-11-5-2-9(3-6-11)14(18)17-10-4-7-12(15(19)20)13(16)8-10/h2-8H,1H3,(H,17,18)(H,19,20). The van der Waals surface area contributed by atoms with Crippen LogP contribution in [0.4, 0.5) is 5.69 Å². The van der Waals surface area contributed by atoms with Crippen LogP contribution in [0.25, 0.3) is 0 Å². The van der Waals surface area contributed by atoms with Gasteiger partial charge < -0.3 is 10.4 Å². The third-order valence-corrected chi connectivity index (χ3v) is 3.87. The molecular formula is C15H12ClNO3S. The van der Waals surface area contributed by atoms with Crippen LogP contribution in [0.3, 0.4) is 0 Å². The van der Waals surface area contributed by atoms with Crippen LogP contribution in [0.15, 0.2) is 47.4 Å². The Bertz CT molecular complexity index is 686. The first-order valence-corrected chi connectivity index (χ1v) is 7.60. The molecule has 2 aromatic carbocycles. The molecule has 0 aliphatic carbocycles. The predicted octanol–water partition coefficient (Wildman–Crippen LogP) is 4.01. The van der Waals surface area contributed by atoms with Gasteiger partial charge in [-0.05, 0) is 48.7 Å². The molecule has 6 heteroatoms. The molecule has 0 bridgehead atoms. The number of carboxylic acids is 1. The number of carbonyl (C=O) groups excluding carboxylic acids is 1. The van der Waals surface area contributed by atoms with Gasteiger partial charge in [0, 0.05) is 16.1 Å². The molecule has 0 unspecified atom stereocenters. The highest BCUT2D eigenvalue weighted by atomic mass is 35.5. The minimum absolute atomic E-state index is 0.000936. The van der Waals surface area contributed by atoms with Crippen molar-refractivity contribution in [3.63, 3.8) is 0 Å². The fourth-order valence-electron chi connectivity index (χ4n) is 1.71. The number of halogens is 1. The molecule has 0 heterocycles. The van der Waals surface area contributed by atoms with Crippen molar-refractivity contribution in [2.45, 2.75) is 4.90 Å². The van der Waals surface area contributed by atoms with Gasteiger partial charge in [-0.3, -0.25) is 4.79 Å². The van der Waals surface area contributed by atoms with Crippen LogP contribution in [0.2, 0.25) is 5.02 Å². The summed E-state index contributed by atoms with van der Waals surface area (Å²) in [6.45, 7) is 0. The van der Waals surface area contributed by atoms with Crippen LogP contribution >= 0.6 is 23.4 Å². The second-order valence-electron chi connectivity index (χ2n) is 4.18. The minimum Gasteiger partial charge on any atom is -0.478 e. The quantitative estimate of drug-likeness (QED) is 0.835. The van der Waals surface area contributed by atoms with Gasteiger partial charge in [0.2, 0.25) is 0 Å². The van der Waals surface area contributed by atoms with Crippen LogP contribution in [0.1, 0.15) is 20.7 Å². The van der Waals surface area contributed by atoms with Crippen LogP contribution in [-0.4, -0.2) is 23.2 Å². The van der Waals surface area contributed by atoms with Gasteiger partial charge in [0.25, 0.3) is 5.91 Å². The Kier molecular flexibility index (Phi) is 4.88. The monoisotopic (exact) mass is 321 g/mol. The van der Waals surface area contributed by atoms with E-state index in [-0.39, 0.29) is 16.5 Å². The molecule has 0 saturated heterocycles. The van der Waals surface area contributed by atoms with E-state index in [4.69, 9.17) is 16.7 Å². The number of benzene rings is 2. The average molecular weight is 322 g/mol. The van der Waals surface area contributed by atoms with E-state index in [0.717, 1.165) is 4.90 Å². The zero-order valence-corrected chi connectivity index (χ0v) is 12.7. The summed E-state index contributed by atoms with van der Waals surface area (Å²) in [5.74, 6) is -1.38. The van der Waals surface area contributed by atoms with E-state index >= 15 is 0 Å². The third kappa shape index (κ3) is 3.77. The molecule has 2 rings (SSSR count). The Hall–Kier alpha value is -1.98. The molecule has 21 heavy (non-hydrogen) atoms. The smallest absolute Gasteiger partial charge is 0.337 e. The highest BCUT2D eigenvalue weighted by Gasteiger charge is 2.11. The number of anilines is 1. The van der Waals surface area contributed by atoms with Crippen molar-refractivity contribution in [3.8, 4) is 0 Å². The van der Waals surface area contributed by atoms with E-state index in [0.29, 0.717) is 11.3 Å². The van der Waals surface area contributed by atoms with E-state index in [2.05, 4.69) is 5.32 Å². The number of amides is 1. The number of rotatable bonds is 4. The lowest BCUT2D eigenvalue weighted by Crippen LogP contribution is -2.12. The molecule has 0 atom stereocenters. The number of hydrogen-bond donors (Lipinski definition) is 2. The Morgan fingerprint density at radius 3 is 2.33 bits per heavy atom. The summed E-state index contributed by atoms with van der Waals surface area (Å²) in [6, 6.07) is 11.5. The summed E-state index contributed by atoms with van der Waals surface area (Å²) in [6.07, 6.45) is 1.96. The number of carboxylic acid groups (broad SMARTS) is 1. The van der Waals surface area contributed by atoms with Crippen molar-refractivity contribution in [3.05, 3.63) is 58.6 Å². The van der Waals surface area contributed by atoms with Gasteiger partial charge in [-0.1, -0.05) is 11.6 Å². The minimum atomic E-state index is -1.11. The van der Waals surface area contributed by atoms with Gasteiger partial charge in [-0.2, -0.15) is 0 Å². The molecule has 0 aliphatic heterocycles. The summed E-state index contributed by atoms with van der Waals surface area (Å²) in [5.41, 5.74) is 0.967. The van der Waals surface area contributed by atoms with Crippen molar-refractivity contribution in [2.24, 2.45) is 0 Å². The lowest BCUT2D eigenvalue weighted by Gasteiger charge is -2.07. The molecule has 0 fully saturated rings. The summed E-state index contributed by atoms with van der Waals surface area (Å²) < 4.78 is 0. The highest BCUT2D eigenvalue weighted by Crippen LogP contribution is 2.22. The van der Waals surface area contributed by atoms with Gasteiger partial charge in [-0.25, -0.2) is 4.79 Å². The number of nitrogens with one attached hydrogen (secondary N) is 1. The van der Waals surface area contributed by atoms with Crippen LogP contribution in [-0.2, 0) is 0 Å². The Labute approximate surface area is 131 Å². The fraction of sp³-hybridized carbons (Fsp3) is 0.0667. The lowest BCUT2D eigenvalue weighted by molar-refractivity contribution is 0.0697. The SMILES string of the molecule is CSc1ccc(C(=O)Nc2ccc(C(=O)O)c(Cl)c2)cc1. The maximum Gasteiger partial charge on any atom is 0.337 e. The van der Waals surface area contributed by atoms with E-state index < -0.39 is 5.97 Å². The number of thioether (sulfide) groups is 1. The number of hydrogen-bond acceptors (Lipinski definition) is 3. The van der Waals surface area contributed by atoms with E-state index in [1.807, 2.05) is 18.4 Å². The second kappa shape index (κ2) is 6.65. The van der Waals surface area contributed by atoms with Crippen molar-refractivity contribution >= 4 is 40.9 Å². The zero-order chi connectivity index (χ0) is 15.4. The molecular weight excluding hydrogens is 310 g/mol. The lowest BCUT2D eigenvalue weighted by atomic mass is 10.2. The maximum atomic E-state index is 12.1. The molecule has 0 spiro atoms. The predicted molar refractivity (Wildman–Crippen MR) is 84.6 cm³/mol. The molecule has 0 radical (unpaired) electrons. The van der Waals surface area contributed by atoms with E-state index in [1.54, 1.807) is 23.9 Å². The van der Waals surface area contributed by atoms with Gasteiger partial charge in [0.05, 0.1) is 10.6 Å². The van der Waals surface area contributed by atoms with Crippen molar-refractivity contribution < 1.29 is 14.7 Å². The summed E-state index contributed by atoms with van der Waals surface area (Å²) in [5, 5.41) is 11.7. The van der Waals surface area contributed by atoms with Gasteiger partial charge in [-0.15, -0.1) is 11.8 Å². The van der Waals surface area contributed by atoms with Crippen LogP contribution in [0.5, 0.6) is 0 Å². The maximum absolute atomic E-state index is 12.1. The Balaban J connectivity index is 2.15. The van der Waals surface area contributed by atoms with Crippen molar-refractivity contribution in [2.75, 3.05) is 11.6 Å². The summed E-state index contributed by atoms with van der Waals surface area (Å²) in [7, 11) is 0.